The Bertz CT molecular complexity index is 1080. The summed E-state index contributed by atoms with van der Waals surface area (Å²) in [5.41, 5.74) is 2.74. The summed E-state index contributed by atoms with van der Waals surface area (Å²) in [5.74, 6) is -2.65. The second-order valence-corrected chi connectivity index (χ2v) is 7.05. The van der Waals surface area contributed by atoms with E-state index in [1.165, 1.54) is 43.7 Å². The van der Waals surface area contributed by atoms with Crippen LogP contribution in [0.2, 0.25) is 0 Å². The molecule has 3 aromatic rings. The fourth-order valence-electron chi connectivity index (χ4n) is 2.74. The van der Waals surface area contributed by atoms with E-state index in [1.807, 2.05) is 5.38 Å². The van der Waals surface area contributed by atoms with E-state index in [-0.39, 0.29) is 17.7 Å². The topological polar surface area (TPSA) is 89.6 Å². The highest BCUT2D eigenvalue weighted by Crippen LogP contribution is 2.29. The van der Waals surface area contributed by atoms with Crippen molar-refractivity contribution in [2.24, 2.45) is 0 Å². The number of halogens is 2. The number of rotatable bonds is 8. The zero-order chi connectivity index (χ0) is 22.4. The maximum absolute atomic E-state index is 13.6. The number of carbonyl (C=O) groups excluding carboxylic acids is 2. The second kappa shape index (κ2) is 9.98. The summed E-state index contributed by atoms with van der Waals surface area (Å²) in [7, 11) is 2.81. The number of hydrogen-bond donors (Lipinski definition) is 2. The van der Waals surface area contributed by atoms with Crippen LogP contribution in [0, 0.1) is 11.6 Å². The third kappa shape index (κ3) is 5.34. The van der Waals surface area contributed by atoms with Crippen LogP contribution in [0.25, 0.3) is 0 Å². The van der Waals surface area contributed by atoms with Gasteiger partial charge in [0.15, 0.2) is 23.1 Å². The molecule has 2 amide bonds. The van der Waals surface area contributed by atoms with Crippen LogP contribution in [0.4, 0.5) is 8.78 Å². The summed E-state index contributed by atoms with van der Waals surface area (Å²) in [6.45, 7) is 0.236. The average molecular weight is 447 g/mol. The SMILES string of the molecule is CNC(=O)C(NC(=O)c1ccc(OCc2cscn2)c(OC)c1)c1ccc(F)c(F)c1. The molecule has 0 fully saturated rings. The lowest BCUT2D eigenvalue weighted by atomic mass is 10.0. The van der Waals surface area contributed by atoms with Gasteiger partial charge in [-0.25, -0.2) is 13.8 Å². The Kier molecular flexibility index (Phi) is 7.14. The standard InChI is InChI=1S/C21H19F2N3O4S/c1-24-21(28)19(12-3-5-15(22)16(23)7-12)26-20(27)13-4-6-17(18(8-13)29-2)30-9-14-10-31-11-25-14/h3-8,10-11,19H,9H2,1-2H3,(H,24,28)(H,26,27). The van der Waals surface area contributed by atoms with Crippen molar-refractivity contribution in [2.75, 3.05) is 14.2 Å². The average Bonchev–Trinajstić information content (AvgIpc) is 3.31. The molecule has 7 nitrogen and oxygen atoms in total. The number of aromatic nitrogens is 1. The molecule has 0 saturated heterocycles. The van der Waals surface area contributed by atoms with Crippen molar-refractivity contribution < 1.29 is 27.8 Å². The van der Waals surface area contributed by atoms with Crippen LogP contribution in [-0.2, 0) is 11.4 Å². The zero-order valence-electron chi connectivity index (χ0n) is 16.6. The van der Waals surface area contributed by atoms with E-state index >= 15 is 0 Å². The molecule has 0 aliphatic carbocycles. The van der Waals surface area contributed by atoms with Crippen molar-refractivity contribution in [3.05, 3.63) is 75.7 Å². The van der Waals surface area contributed by atoms with Crippen molar-refractivity contribution in [3.8, 4) is 11.5 Å². The number of nitrogens with one attached hydrogen (secondary N) is 2. The van der Waals surface area contributed by atoms with Gasteiger partial charge < -0.3 is 20.1 Å². The third-order valence-corrected chi connectivity index (χ3v) is 4.98. The van der Waals surface area contributed by atoms with Crippen LogP contribution >= 0.6 is 11.3 Å². The molecular formula is C21H19F2N3O4S. The van der Waals surface area contributed by atoms with Crippen LogP contribution in [0.15, 0.2) is 47.3 Å². The van der Waals surface area contributed by atoms with Crippen LogP contribution in [0.1, 0.15) is 27.7 Å². The summed E-state index contributed by atoms with van der Waals surface area (Å²) in [6, 6.07) is 6.29. The van der Waals surface area contributed by atoms with E-state index in [0.29, 0.717) is 11.5 Å². The highest BCUT2D eigenvalue weighted by Gasteiger charge is 2.24. The first-order chi connectivity index (χ1) is 14.9. The Hall–Kier alpha value is -3.53. The molecule has 0 aliphatic heterocycles. The van der Waals surface area contributed by atoms with Gasteiger partial charge in [0.25, 0.3) is 5.91 Å². The Morgan fingerprint density at radius 2 is 1.94 bits per heavy atom. The van der Waals surface area contributed by atoms with Crippen molar-refractivity contribution in [1.82, 2.24) is 15.6 Å². The van der Waals surface area contributed by atoms with Crippen LogP contribution in [0.5, 0.6) is 11.5 Å². The van der Waals surface area contributed by atoms with Gasteiger partial charge in [0.2, 0.25) is 5.91 Å². The van der Waals surface area contributed by atoms with E-state index in [4.69, 9.17) is 9.47 Å². The molecule has 10 heteroatoms. The third-order valence-electron chi connectivity index (χ3n) is 4.35. The monoisotopic (exact) mass is 447 g/mol. The minimum atomic E-state index is -1.22. The quantitative estimate of drug-likeness (QED) is 0.554. The zero-order valence-corrected chi connectivity index (χ0v) is 17.5. The lowest BCUT2D eigenvalue weighted by Crippen LogP contribution is -2.39. The molecule has 2 N–H and O–H groups in total. The number of ether oxygens (including phenoxy) is 2. The Balaban J connectivity index is 1.79. The van der Waals surface area contributed by atoms with Crippen molar-refractivity contribution in [3.63, 3.8) is 0 Å². The van der Waals surface area contributed by atoms with Gasteiger partial charge in [0.05, 0.1) is 18.3 Å². The fraction of sp³-hybridized carbons (Fsp3) is 0.190. The van der Waals surface area contributed by atoms with Gasteiger partial charge in [-0.3, -0.25) is 9.59 Å². The highest BCUT2D eigenvalue weighted by atomic mass is 32.1. The Labute approximate surface area is 181 Å². The molecule has 1 aromatic heterocycles. The summed E-state index contributed by atoms with van der Waals surface area (Å²) in [6.07, 6.45) is 0. The summed E-state index contributed by atoms with van der Waals surface area (Å²) >= 11 is 1.45. The maximum Gasteiger partial charge on any atom is 0.252 e. The van der Waals surface area contributed by atoms with E-state index in [1.54, 1.807) is 11.6 Å². The second-order valence-electron chi connectivity index (χ2n) is 6.33. The smallest absolute Gasteiger partial charge is 0.252 e. The first-order valence-corrected chi connectivity index (χ1v) is 10.0. The summed E-state index contributed by atoms with van der Waals surface area (Å²) in [5, 5.41) is 6.78. The molecule has 0 aliphatic rings. The van der Waals surface area contributed by atoms with Gasteiger partial charge in [-0.05, 0) is 35.9 Å². The number of benzene rings is 2. The summed E-state index contributed by atoms with van der Waals surface area (Å²) in [4.78, 5) is 29.2. The number of likely N-dealkylation sites (N-methyl/N-ethyl adjacent to an activating group) is 1. The van der Waals surface area contributed by atoms with Gasteiger partial charge in [-0.2, -0.15) is 0 Å². The van der Waals surface area contributed by atoms with Gasteiger partial charge in [0.1, 0.15) is 12.6 Å². The normalized spacial score (nSPS) is 11.5. The molecule has 1 heterocycles. The number of hydrogen-bond acceptors (Lipinski definition) is 6. The molecule has 1 unspecified atom stereocenters. The van der Waals surface area contributed by atoms with Crippen molar-refractivity contribution in [1.29, 1.82) is 0 Å². The predicted molar refractivity (Wildman–Crippen MR) is 110 cm³/mol. The molecule has 0 bridgehead atoms. The molecule has 162 valence electrons. The van der Waals surface area contributed by atoms with Gasteiger partial charge >= 0.3 is 0 Å². The Morgan fingerprint density at radius 1 is 1.13 bits per heavy atom. The first kappa shape index (κ1) is 22.2. The Morgan fingerprint density at radius 3 is 2.58 bits per heavy atom. The number of thiazole rings is 1. The number of carbonyl (C=O) groups is 2. The van der Waals surface area contributed by atoms with Crippen LogP contribution < -0.4 is 20.1 Å². The minimum absolute atomic E-state index is 0.0989. The van der Waals surface area contributed by atoms with Crippen LogP contribution in [-0.4, -0.2) is 31.0 Å². The minimum Gasteiger partial charge on any atom is -0.493 e. The van der Waals surface area contributed by atoms with Crippen LogP contribution in [0.3, 0.4) is 0 Å². The molecule has 2 aromatic carbocycles. The van der Waals surface area contributed by atoms with Crippen molar-refractivity contribution >= 4 is 23.2 Å². The van der Waals surface area contributed by atoms with Gasteiger partial charge in [-0.1, -0.05) is 6.07 Å². The molecule has 0 radical (unpaired) electrons. The molecule has 0 spiro atoms. The van der Waals surface area contributed by atoms with E-state index in [0.717, 1.165) is 17.8 Å². The highest BCUT2D eigenvalue weighted by molar-refractivity contribution is 7.07. The molecule has 0 saturated carbocycles. The van der Waals surface area contributed by atoms with E-state index in [9.17, 15) is 18.4 Å². The molecule has 31 heavy (non-hydrogen) atoms. The van der Waals surface area contributed by atoms with Crippen molar-refractivity contribution in [2.45, 2.75) is 12.6 Å². The number of amides is 2. The molecule has 3 rings (SSSR count). The lowest BCUT2D eigenvalue weighted by Gasteiger charge is -2.18. The largest absolute Gasteiger partial charge is 0.493 e. The molecule has 1 atom stereocenters. The van der Waals surface area contributed by atoms with E-state index in [2.05, 4.69) is 15.6 Å². The van der Waals surface area contributed by atoms with Gasteiger partial charge in [0, 0.05) is 18.0 Å². The first-order valence-electron chi connectivity index (χ1n) is 9.08. The summed E-state index contributed by atoms with van der Waals surface area (Å²) < 4.78 is 37.9. The fourth-order valence-corrected chi connectivity index (χ4v) is 3.28. The number of nitrogens with zero attached hydrogens (tertiary/aromatic N) is 1. The lowest BCUT2D eigenvalue weighted by molar-refractivity contribution is -0.122. The molecular weight excluding hydrogens is 428 g/mol. The maximum atomic E-state index is 13.6. The number of methoxy groups -OCH3 is 1. The van der Waals surface area contributed by atoms with E-state index < -0.39 is 29.5 Å². The predicted octanol–water partition coefficient (Wildman–Crippen LogP) is 3.23. The van der Waals surface area contributed by atoms with Gasteiger partial charge in [-0.15, -0.1) is 11.3 Å².